The summed E-state index contributed by atoms with van der Waals surface area (Å²) < 4.78 is 5.93. The summed E-state index contributed by atoms with van der Waals surface area (Å²) in [5, 5.41) is 9.97. The van der Waals surface area contributed by atoms with E-state index in [1.807, 2.05) is 18.2 Å². The van der Waals surface area contributed by atoms with E-state index in [9.17, 15) is 5.11 Å². The van der Waals surface area contributed by atoms with Crippen molar-refractivity contribution in [3.63, 3.8) is 0 Å². The Balaban J connectivity index is 2.42. The minimum Gasteiger partial charge on any atom is -0.508 e. The first-order chi connectivity index (χ1) is 9.79. The van der Waals surface area contributed by atoms with Crippen molar-refractivity contribution >= 4 is 0 Å². The normalized spacial score (nSPS) is 12.5. The zero-order valence-corrected chi connectivity index (χ0v) is 13.1. The molecule has 0 fully saturated rings. The van der Waals surface area contributed by atoms with Gasteiger partial charge in [-0.2, -0.15) is 0 Å². The average Bonchev–Trinajstić information content (AvgIpc) is 2.47. The highest BCUT2D eigenvalue weighted by molar-refractivity contribution is 5.33. The van der Waals surface area contributed by atoms with Crippen LogP contribution in [0.5, 0.6) is 5.75 Å². The van der Waals surface area contributed by atoms with Crippen LogP contribution in [0.3, 0.4) is 0 Å². The minimum atomic E-state index is 0.0438. The monoisotopic (exact) mass is 278 g/mol. The van der Waals surface area contributed by atoms with Crippen molar-refractivity contribution < 1.29 is 9.84 Å². The molecule has 0 saturated heterocycles. The molecule has 0 aliphatic heterocycles. The van der Waals surface area contributed by atoms with Gasteiger partial charge in [-0.1, -0.05) is 70.6 Å². The second-order valence-electron chi connectivity index (χ2n) is 5.47. The summed E-state index contributed by atoms with van der Waals surface area (Å²) in [6.45, 7) is 5.12. The van der Waals surface area contributed by atoms with Gasteiger partial charge in [0.25, 0.3) is 0 Å². The molecular formula is C18H30O2. The second-order valence-corrected chi connectivity index (χ2v) is 5.47. The highest BCUT2D eigenvalue weighted by Crippen LogP contribution is 2.30. The molecule has 0 radical (unpaired) electrons. The summed E-state index contributed by atoms with van der Waals surface area (Å²) >= 11 is 0. The fourth-order valence-corrected chi connectivity index (χ4v) is 2.46. The number of unbranched alkanes of at least 4 members (excludes halogenated alkanes) is 5. The molecule has 2 heteroatoms. The van der Waals surface area contributed by atoms with Gasteiger partial charge in [-0.05, 0) is 18.9 Å². The Labute approximate surface area is 124 Å². The maximum Gasteiger partial charge on any atom is 0.121 e. The van der Waals surface area contributed by atoms with Crippen molar-refractivity contribution in [2.24, 2.45) is 0 Å². The summed E-state index contributed by atoms with van der Waals surface area (Å²) in [4.78, 5) is 0. The molecule has 0 aliphatic rings. The number of ether oxygens (including phenoxy) is 1. The lowest BCUT2D eigenvalue weighted by atomic mass is 10.0. The Kier molecular flexibility index (Phi) is 9.14. The van der Waals surface area contributed by atoms with Crippen LogP contribution in [0.2, 0.25) is 0 Å². The van der Waals surface area contributed by atoms with E-state index in [1.54, 1.807) is 6.07 Å². The predicted octanol–water partition coefficient (Wildman–Crippen LogP) is 5.61. The fourth-order valence-electron chi connectivity index (χ4n) is 2.46. The molecule has 0 saturated carbocycles. The van der Waals surface area contributed by atoms with Crippen molar-refractivity contribution in [2.45, 2.75) is 71.3 Å². The number of hydrogen-bond donors (Lipinski definition) is 1. The van der Waals surface area contributed by atoms with Gasteiger partial charge in [0.2, 0.25) is 0 Å². The van der Waals surface area contributed by atoms with Crippen LogP contribution < -0.4 is 0 Å². The number of para-hydroxylation sites is 1. The van der Waals surface area contributed by atoms with Crippen molar-refractivity contribution in [2.75, 3.05) is 6.61 Å². The first kappa shape index (κ1) is 17.0. The third kappa shape index (κ3) is 6.42. The van der Waals surface area contributed by atoms with E-state index in [0.717, 1.165) is 25.0 Å². The first-order valence-corrected chi connectivity index (χ1v) is 8.19. The average molecular weight is 278 g/mol. The molecule has 0 bridgehead atoms. The Hall–Kier alpha value is -1.02. The SMILES string of the molecule is CCCCCCCCC(OCCC)c1ccccc1O. The molecule has 0 aliphatic carbocycles. The lowest BCUT2D eigenvalue weighted by Gasteiger charge is -2.19. The third-order valence-corrected chi connectivity index (χ3v) is 3.63. The molecule has 1 N–H and O–H groups in total. The number of rotatable bonds is 11. The van der Waals surface area contributed by atoms with Crippen molar-refractivity contribution in [3.05, 3.63) is 29.8 Å². The summed E-state index contributed by atoms with van der Waals surface area (Å²) in [5.74, 6) is 0.361. The van der Waals surface area contributed by atoms with Crippen LogP contribution in [0.15, 0.2) is 24.3 Å². The Morgan fingerprint density at radius 1 is 0.950 bits per heavy atom. The number of aromatic hydroxyl groups is 1. The molecule has 1 aromatic carbocycles. The van der Waals surface area contributed by atoms with Crippen molar-refractivity contribution in [3.8, 4) is 5.75 Å². The van der Waals surface area contributed by atoms with E-state index in [2.05, 4.69) is 13.8 Å². The van der Waals surface area contributed by atoms with E-state index in [4.69, 9.17) is 4.74 Å². The maximum absolute atomic E-state index is 9.97. The van der Waals surface area contributed by atoms with E-state index in [1.165, 1.54) is 38.5 Å². The highest BCUT2D eigenvalue weighted by Gasteiger charge is 2.14. The fraction of sp³-hybridized carbons (Fsp3) is 0.667. The van der Waals surface area contributed by atoms with E-state index >= 15 is 0 Å². The molecule has 1 atom stereocenters. The number of benzene rings is 1. The van der Waals surface area contributed by atoms with Crippen LogP contribution >= 0.6 is 0 Å². The Bertz CT molecular complexity index is 349. The van der Waals surface area contributed by atoms with Crippen LogP contribution in [-0.4, -0.2) is 11.7 Å². The summed E-state index contributed by atoms with van der Waals surface area (Å²) in [7, 11) is 0. The zero-order valence-electron chi connectivity index (χ0n) is 13.1. The van der Waals surface area contributed by atoms with Crippen LogP contribution in [0.25, 0.3) is 0 Å². The number of phenols is 1. The molecular weight excluding hydrogens is 248 g/mol. The molecule has 1 unspecified atom stereocenters. The molecule has 1 aromatic rings. The van der Waals surface area contributed by atoms with Gasteiger partial charge in [-0.3, -0.25) is 0 Å². The van der Waals surface area contributed by atoms with E-state index in [0.29, 0.717) is 5.75 Å². The van der Waals surface area contributed by atoms with Gasteiger partial charge in [0, 0.05) is 12.2 Å². The number of hydrogen-bond acceptors (Lipinski definition) is 2. The van der Waals surface area contributed by atoms with Gasteiger partial charge in [0.15, 0.2) is 0 Å². The maximum atomic E-state index is 9.97. The van der Waals surface area contributed by atoms with Crippen LogP contribution in [-0.2, 0) is 4.74 Å². The largest absolute Gasteiger partial charge is 0.508 e. The molecule has 0 amide bonds. The second kappa shape index (κ2) is 10.7. The summed E-state index contributed by atoms with van der Waals surface area (Å²) in [5.41, 5.74) is 0.939. The van der Waals surface area contributed by atoms with Crippen molar-refractivity contribution in [1.29, 1.82) is 0 Å². The Morgan fingerprint density at radius 2 is 1.65 bits per heavy atom. The number of phenolic OH excluding ortho intramolecular Hbond substituents is 1. The minimum absolute atomic E-state index is 0.0438. The van der Waals surface area contributed by atoms with E-state index in [-0.39, 0.29) is 6.10 Å². The van der Waals surface area contributed by atoms with Crippen molar-refractivity contribution in [1.82, 2.24) is 0 Å². The van der Waals surface area contributed by atoms with Gasteiger partial charge in [0.1, 0.15) is 5.75 Å². The molecule has 2 nitrogen and oxygen atoms in total. The molecule has 1 rings (SSSR count). The zero-order chi connectivity index (χ0) is 14.6. The Morgan fingerprint density at radius 3 is 2.35 bits per heavy atom. The van der Waals surface area contributed by atoms with Crippen LogP contribution in [0.4, 0.5) is 0 Å². The van der Waals surface area contributed by atoms with Gasteiger partial charge in [-0.25, -0.2) is 0 Å². The topological polar surface area (TPSA) is 29.5 Å². The smallest absolute Gasteiger partial charge is 0.121 e. The molecule has 0 spiro atoms. The van der Waals surface area contributed by atoms with Crippen LogP contribution in [0, 0.1) is 0 Å². The molecule has 20 heavy (non-hydrogen) atoms. The lowest BCUT2D eigenvalue weighted by Crippen LogP contribution is -2.06. The summed E-state index contributed by atoms with van der Waals surface area (Å²) in [6, 6.07) is 7.56. The quantitative estimate of drug-likeness (QED) is 0.533. The van der Waals surface area contributed by atoms with Crippen LogP contribution in [0.1, 0.15) is 76.9 Å². The van der Waals surface area contributed by atoms with Gasteiger partial charge in [-0.15, -0.1) is 0 Å². The third-order valence-electron chi connectivity index (χ3n) is 3.63. The predicted molar refractivity (Wildman–Crippen MR) is 85.1 cm³/mol. The highest BCUT2D eigenvalue weighted by atomic mass is 16.5. The summed E-state index contributed by atoms with van der Waals surface area (Å²) in [6.07, 6.45) is 9.79. The van der Waals surface area contributed by atoms with Gasteiger partial charge in [0.05, 0.1) is 6.10 Å². The van der Waals surface area contributed by atoms with Gasteiger partial charge < -0.3 is 9.84 Å². The molecule has 114 valence electrons. The van der Waals surface area contributed by atoms with E-state index < -0.39 is 0 Å². The standard InChI is InChI=1S/C18H30O2/c1-3-5-6-7-8-9-14-18(20-15-4-2)16-12-10-11-13-17(16)19/h10-13,18-19H,3-9,14-15H2,1-2H3. The van der Waals surface area contributed by atoms with Gasteiger partial charge >= 0.3 is 0 Å². The molecule has 0 aromatic heterocycles. The first-order valence-electron chi connectivity index (χ1n) is 8.19. The lowest BCUT2D eigenvalue weighted by molar-refractivity contribution is 0.0436. The molecule has 0 heterocycles.